The van der Waals surface area contributed by atoms with Crippen molar-refractivity contribution < 1.29 is 19.2 Å². The van der Waals surface area contributed by atoms with E-state index in [1.165, 1.54) is 19.1 Å². The molecular formula is C24H20N4O4. The molecule has 1 aliphatic carbocycles. The fourth-order valence-corrected chi connectivity index (χ4v) is 3.89. The van der Waals surface area contributed by atoms with Gasteiger partial charge in [-0.15, -0.1) is 0 Å². The SMILES string of the molecule is CC(=O)N(NC(N)=O)c1ccc2c(c1Cc1ccc(N)cc1)C(=O)c1ccccc1C2=O. The van der Waals surface area contributed by atoms with Gasteiger partial charge in [0.15, 0.2) is 11.6 Å². The maximum absolute atomic E-state index is 13.5. The zero-order valence-electron chi connectivity index (χ0n) is 17.2. The van der Waals surface area contributed by atoms with Gasteiger partial charge in [0.25, 0.3) is 0 Å². The molecule has 0 aliphatic heterocycles. The van der Waals surface area contributed by atoms with Crippen LogP contribution in [0.3, 0.4) is 0 Å². The van der Waals surface area contributed by atoms with Gasteiger partial charge in [-0.1, -0.05) is 36.4 Å². The maximum Gasteiger partial charge on any atom is 0.331 e. The van der Waals surface area contributed by atoms with Crippen molar-refractivity contribution in [3.63, 3.8) is 0 Å². The summed E-state index contributed by atoms with van der Waals surface area (Å²) in [6.45, 7) is 1.25. The smallest absolute Gasteiger partial charge is 0.331 e. The van der Waals surface area contributed by atoms with Crippen molar-refractivity contribution in [2.24, 2.45) is 5.73 Å². The van der Waals surface area contributed by atoms with Gasteiger partial charge in [0.05, 0.1) is 5.69 Å². The summed E-state index contributed by atoms with van der Waals surface area (Å²) in [6, 6.07) is 15.7. The lowest BCUT2D eigenvalue weighted by atomic mass is 9.80. The van der Waals surface area contributed by atoms with Crippen molar-refractivity contribution in [1.29, 1.82) is 0 Å². The van der Waals surface area contributed by atoms with Crippen LogP contribution in [0.2, 0.25) is 0 Å². The van der Waals surface area contributed by atoms with Crippen molar-refractivity contribution in [2.75, 3.05) is 10.7 Å². The number of anilines is 2. The van der Waals surface area contributed by atoms with Gasteiger partial charge in [-0.3, -0.25) is 14.4 Å². The molecule has 32 heavy (non-hydrogen) atoms. The molecule has 0 atom stereocenters. The quantitative estimate of drug-likeness (QED) is 0.340. The van der Waals surface area contributed by atoms with Gasteiger partial charge in [-0.05, 0) is 35.4 Å². The summed E-state index contributed by atoms with van der Waals surface area (Å²) in [5.41, 5.74) is 16.4. The second kappa shape index (κ2) is 7.99. The molecule has 5 N–H and O–H groups in total. The maximum atomic E-state index is 13.5. The van der Waals surface area contributed by atoms with Crippen LogP contribution in [0.5, 0.6) is 0 Å². The van der Waals surface area contributed by atoms with Crippen LogP contribution in [-0.4, -0.2) is 23.5 Å². The lowest BCUT2D eigenvalue weighted by Gasteiger charge is -2.28. The lowest BCUT2D eigenvalue weighted by Crippen LogP contribution is -2.48. The number of fused-ring (bicyclic) bond motifs is 2. The van der Waals surface area contributed by atoms with Crippen LogP contribution in [0, 0.1) is 0 Å². The molecule has 160 valence electrons. The molecule has 0 spiro atoms. The molecule has 0 unspecified atom stereocenters. The fraction of sp³-hybridized carbons (Fsp3) is 0.0833. The standard InChI is InChI=1S/C24H20N4O4/c1-13(29)28(27-24(26)32)20-11-10-18-21(19(20)12-14-6-8-15(25)9-7-14)23(31)17-5-3-2-4-16(17)22(18)30/h2-11H,12,25H2,1H3,(H3,26,27,32). The number of urea groups is 1. The zero-order valence-corrected chi connectivity index (χ0v) is 17.2. The molecule has 0 saturated heterocycles. The highest BCUT2D eigenvalue weighted by Crippen LogP contribution is 2.35. The summed E-state index contributed by atoms with van der Waals surface area (Å²) >= 11 is 0. The number of hydrazine groups is 1. The van der Waals surface area contributed by atoms with Crippen LogP contribution in [-0.2, 0) is 11.2 Å². The van der Waals surface area contributed by atoms with Crippen LogP contribution in [0.15, 0.2) is 60.7 Å². The lowest BCUT2D eigenvalue weighted by molar-refractivity contribution is -0.117. The molecule has 3 amide bonds. The van der Waals surface area contributed by atoms with E-state index >= 15 is 0 Å². The fourth-order valence-electron chi connectivity index (χ4n) is 3.89. The van der Waals surface area contributed by atoms with Gasteiger partial charge < -0.3 is 11.5 Å². The predicted octanol–water partition coefficient (Wildman–Crippen LogP) is 2.57. The van der Waals surface area contributed by atoms with Crippen molar-refractivity contribution in [3.05, 3.63) is 94.0 Å². The van der Waals surface area contributed by atoms with Crippen LogP contribution in [0.25, 0.3) is 0 Å². The van der Waals surface area contributed by atoms with Crippen molar-refractivity contribution in [3.8, 4) is 0 Å². The van der Waals surface area contributed by atoms with Gasteiger partial charge in [0, 0.05) is 41.3 Å². The third kappa shape index (κ3) is 3.58. The number of benzene rings is 3. The molecule has 8 heteroatoms. The molecule has 1 aliphatic rings. The summed E-state index contributed by atoms with van der Waals surface area (Å²) in [4.78, 5) is 50.5. The van der Waals surface area contributed by atoms with E-state index < -0.39 is 11.9 Å². The van der Waals surface area contributed by atoms with Gasteiger partial charge in [0.1, 0.15) is 0 Å². The van der Waals surface area contributed by atoms with E-state index in [0.29, 0.717) is 16.8 Å². The Morgan fingerprint density at radius 1 is 0.875 bits per heavy atom. The third-order valence-electron chi connectivity index (χ3n) is 5.31. The Labute approximate surface area is 183 Å². The Morgan fingerprint density at radius 3 is 2.09 bits per heavy atom. The van der Waals surface area contributed by atoms with E-state index in [-0.39, 0.29) is 40.4 Å². The first-order chi connectivity index (χ1) is 15.3. The van der Waals surface area contributed by atoms with Gasteiger partial charge >= 0.3 is 6.03 Å². The predicted molar refractivity (Wildman–Crippen MR) is 119 cm³/mol. The number of carbonyl (C=O) groups is 4. The second-order valence-corrected chi connectivity index (χ2v) is 7.44. The normalized spacial score (nSPS) is 12.0. The first-order valence-corrected chi connectivity index (χ1v) is 9.83. The molecule has 0 saturated carbocycles. The number of carbonyl (C=O) groups excluding carboxylic acids is 4. The summed E-state index contributed by atoms with van der Waals surface area (Å²) in [5, 5.41) is 0.980. The van der Waals surface area contributed by atoms with E-state index in [1.54, 1.807) is 48.5 Å². The minimum absolute atomic E-state index is 0.195. The van der Waals surface area contributed by atoms with E-state index in [4.69, 9.17) is 11.5 Å². The number of ketones is 2. The summed E-state index contributed by atoms with van der Waals surface area (Å²) in [7, 11) is 0. The number of primary amides is 1. The molecule has 4 rings (SSSR count). The first kappa shape index (κ1) is 20.8. The van der Waals surface area contributed by atoms with E-state index in [9.17, 15) is 19.2 Å². The molecule has 3 aromatic carbocycles. The highest BCUT2D eigenvalue weighted by atomic mass is 16.2. The average molecular weight is 428 g/mol. The van der Waals surface area contributed by atoms with Gasteiger partial charge in [-0.25, -0.2) is 15.2 Å². The monoisotopic (exact) mass is 428 g/mol. The number of hydrogen-bond donors (Lipinski definition) is 3. The number of rotatable bonds is 3. The molecule has 0 heterocycles. The minimum atomic E-state index is -0.941. The highest BCUT2D eigenvalue weighted by Gasteiger charge is 2.34. The van der Waals surface area contributed by atoms with Crippen LogP contribution in [0.1, 0.15) is 49.9 Å². The molecule has 0 aromatic heterocycles. The Bertz CT molecular complexity index is 1280. The van der Waals surface area contributed by atoms with E-state index in [2.05, 4.69) is 5.43 Å². The number of amides is 3. The molecule has 0 radical (unpaired) electrons. The molecule has 3 aromatic rings. The second-order valence-electron chi connectivity index (χ2n) is 7.44. The number of nitrogens with zero attached hydrogens (tertiary/aromatic N) is 1. The van der Waals surface area contributed by atoms with Crippen LogP contribution >= 0.6 is 0 Å². The zero-order chi connectivity index (χ0) is 23.0. The molecule has 0 fully saturated rings. The summed E-state index contributed by atoms with van der Waals surface area (Å²) < 4.78 is 0. The third-order valence-corrected chi connectivity index (χ3v) is 5.31. The van der Waals surface area contributed by atoms with Gasteiger partial charge in [0.2, 0.25) is 5.91 Å². The number of nitrogens with two attached hydrogens (primary N) is 2. The largest absolute Gasteiger partial charge is 0.399 e. The van der Waals surface area contributed by atoms with Crippen LogP contribution < -0.4 is 21.9 Å². The molecular weight excluding hydrogens is 408 g/mol. The number of nitrogen functional groups attached to an aromatic ring is 1. The van der Waals surface area contributed by atoms with Crippen molar-refractivity contribution in [2.45, 2.75) is 13.3 Å². The molecule has 0 bridgehead atoms. The molecule has 8 nitrogen and oxygen atoms in total. The van der Waals surface area contributed by atoms with E-state index in [1.807, 2.05) is 0 Å². The van der Waals surface area contributed by atoms with Gasteiger partial charge in [-0.2, -0.15) is 0 Å². The minimum Gasteiger partial charge on any atom is -0.399 e. The first-order valence-electron chi connectivity index (χ1n) is 9.83. The highest BCUT2D eigenvalue weighted by molar-refractivity contribution is 6.29. The number of nitrogens with one attached hydrogen (secondary N) is 1. The Kier molecular flexibility index (Phi) is 5.19. The van der Waals surface area contributed by atoms with E-state index in [0.717, 1.165) is 10.6 Å². The Hall–Kier alpha value is -4.46. The van der Waals surface area contributed by atoms with Crippen LogP contribution in [0.4, 0.5) is 16.2 Å². The Balaban J connectivity index is 1.96. The van der Waals surface area contributed by atoms with Crippen molar-refractivity contribution >= 4 is 34.9 Å². The summed E-state index contributed by atoms with van der Waals surface area (Å²) in [6.07, 6.45) is 0.212. The van der Waals surface area contributed by atoms with Crippen molar-refractivity contribution in [1.82, 2.24) is 5.43 Å². The average Bonchev–Trinajstić information content (AvgIpc) is 2.77. The number of hydrogen-bond acceptors (Lipinski definition) is 5. The topological polar surface area (TPSA) is 136 Å². The summed E-state index contributed by atoms with van der Waals surface area (Å²) in [5.74, 6) is -1.13. The Morgan fingerprint density at radius 2 is 1.50 bits per heavy atom.